The lowest BCUT2D eigenvalue weighted by Gasteiger charge is -2.09. The Labute approximate surface area is 199 Å². The summed E-state index contributed by atoms with van der Waals surface area (Å²) in [5, 5.41) is 11.3. The van der Waals surface area contributed by atoms with E-state index in [4.69, 9.17) is 4.52 Å². The van der Waals surface area contributed by atoms with Crippen LogP contribution in [-0.4, -0.2) is 41.8 Å². The number of fused-ring (bicyclic) bond motifs is 1. The summed E-state index contributed by atoms with van der Waals surface area (Å²) in [6.45, 7) is 3.72. The van der Waals surface area contributed by atoms with Crippen LogP contribution in [0.2, 0.25) is 0 Å². The molecule has 9 nitrogen and oxygen atoms in total. The molecular weight excluding hydrogens is 449 g/mol. The van der Waals surface area contributed by atoms with Crippen LogP contribution in [0.3, 0.4) is 0 Å². The van der Waals surface area contributed by atoms with E-state index in [2.05, 4.69) is 30.5 Å². The SMILES string of the molecule is Cc1ncc(-c2ccn3ncc(C(=O)Nc4cc(-c5noc([C@H]6C[C@@H]6F)n5)ccc4C)c3c2)cn1. The first kappa shape index (κ1) is 21.1. The number of anilines is 1. The average molecular weight is 469 g/mol. The third-order valence-electron chi connectivity index (χ3n) is 6.10. The number of aryl methyl sites for hydroxylation is 2. The zero-order chi connectivity index (χ0) is 24.1. The lowest BCUT2D eigenvalue weighted by molar-refractivity contribution is 0.102. The maximum absolute atomic E-state index is 13.3. The van der Waals surface area contributed by atoms with E-state index in [1.54, 1.807) is 29.2 Å². The summed E-state index contributed by atoms with van der Waals surface area (Å²) in [4.78, 5) is 26.1. The molecule has 0 radical (unpaired) electrons. The zero-order valence-corrected chi connectivity index (χ0v) is 18.9. The molecule has 0 bridgehead atoms. The van der Waals surface area contributed by atoms with Gasteiger partial charge in [0.05, 0.1) is 23.2 Å². The highest BCUT2D eigenvalue weighted by Crippen LogP contribution is 2.43. The second-order valence-corrected chi connectivity index (χ2v) is 8.62. The minimum atomic E-state index is -0.916. The van der Waals surface area contributed by atoms with Crippen molar-refractivity contribution in [2.45, 2.75) is 32.4 Å². The molecule has 6 rings (SSSR count). The zero-order valence-electron chi connectivity index (χ0n) is 18.9. The molecule has 5 aromatic rings. The Balaban J connectivity index is 1.29. The monoisotopic (exact) mass is 469 g/mol. The van der Waals surface area contributed by atoms with Gasteiger partial charge in [-0.05, 0) is 49.6 Å². The maximum Gasteiger partial charge on any atom is 0.259 e. The van der Waals surface area contributed by atoms with Gasteiger partial charge < -0.3 is 9.84 Å². The van der Waals surface area contributed by atoms with Crippen LogP contribution in [0.25, 0.3) is 28.0 Å². The van der Waals surface area contributed by atoms with Gasteiger partial charge in [-0.3, -0.25) is 4.79 Å². The largest absolute Gasteiger partial charge is 0.339 e. The molecule has 1 aromatic carbocycles. The smallest absolute Gasteiger partial charge is 0.259 e. The Hall–Kier alpha value is -4.47. The van der Waals surface area contributed by atoms with Gasteiger partial charge in [-0.1, -0.05) is 17.3 Å². The third-order valence-corrected chi connectivity index (χ3v) is 6.10. The number of nitrogens with zero attached hydrogens (tertiary/aromatic N) is 6. The lowest BCUT2D eigenvalue weighted by atomic mass is 10.1. The molecule has 1 aliphatic carbocycles. The quantitative estimate of drug-likeness (QED) is 0.402. The summed E-state index contributed by atoms with van der Waals surface area (Å²) in [6, 6.07) is 9.26. The lowest BCUT2D eigenvalue weighted by Crippen LogP contribution is -2.12. The van der Waals surface area contributed by atoms with Crippen molar-refractivity contribution < 1.29 is 13.7 Å². The van der Waals surface area contributed by atoms with Crippen molar-refractivity contribution in [3.63, 3.8) is 0 Å². The molecule has 1 fully saturated rings. The molecule has 35 heavy (non-hydrogen) atoms. The first-order valence-electron chi connectivity index (χ1n) is 11.1. The standard InChI is InChI=1S/C25H20FN7O2/c1-13-3-4-16(23-31-25(35-32-23)18-9-20(18)26)7-21(13)30-24(34)19-12-29-33-6-5-15(8-22(19)33)17-10-27-14(2)28-11-17/h3-8,10-12,18,20H,9H2,1-2H3,(H,30,34)/t18-,20-/m0/s1. The second kappa shape index (κ2) is 8.08. The first-order valence-corrected chi connectivity index (χ1v) is 11.1. The first-order chi connectivity index (χ1) is 17.0. The molecule has 1 N–H and O–H groups in total. The van der Waals surface area contributed by atoms with Crippen molar-refractivity contribution in [2.24, 2.45) is 0 Å². The minimum Gasteiger partial charge on any atom is -0.339 e. The number of halogens is 1. The number of amides is 1. The number of carbonyl (C=O) groups excluding carboxylic acids is 1. The van der Waals surface area contributed by atoms with Crippen molar-refractivity contribution in [2.75, 3.05) is 5.32 Å². The molecule has 1 aliphatic rings. The fourth-order valence-corrected chi connectivity index (χ4v) is 3.88. The van der Waals surface area contributed by atoms with Gasteiger partial charge in [-0.25, -0.2) is 18.9 Å². The van der Waals surface area contributed by atoms with Gasteiger partial charge in [-0.15, -0.1) is 0 Å². The molecule has 1 amide bonds. The summed E-state index contributed by atoms with van der Waals surface area (Å²) in [6.07, 6.45) is 6.33. The number of rotatable bonds is 5. The fraction of sp³-hybridized carbons (Fsp3) is 0.200. The molecule has 4 aromatic heterocycles. The van der Waals surface area contributed by atoms with E-state index >= 15 is 0 Å². The number of hydrogen-bond donors (Lipinski definition) is 1. The summed E-state index contributed by atoms with van der Waals surface area (Å²) in [5.74, 6) is 0.737. The summed E-state index contributed by atoms with van der Waals surface area (Å²) < 4.78 is 20.2. The molecule has 1 saturated carbocycles. The summed E-state index contributed by atoms with van der Waals surface area (Å²) in [5.41, 5.74) is 4.94. The predicted molar refractivity (Wildman–Crippen MR) is 126 cm³/mol. The van der Waals surface area contributed by atoms with Crippen LogP contribution in [0, 0.1) is 13.8 Å². The molecule has 0 unspecified atom stereocenters. The maximum atomic E-state index is 13.3. The highest BCUT2D eigenvalue weighted by Gasteiger charge is 2.43. The number of benzene rings is 1. The Bertz CT molecular complexity index is 1570. The number of aromatic nitrogens is 6. The molecule has 0 spiro atoms. The Kier molecular flexibility index (Phi) is 4.87. The van der Waals surface area contributed by atoms with Crippen molar-refractivity contribution in [3.05, 3.63) is 78.0 Å². The van der Waals surface area contributed by atoms with Gasteiger partial charge in [0.1, 0.15) is 12.0 Å². The van der Waals surface area contributed by atoms with Crippen molar-refractivity contribution in [1.29, 1.82) is 0 Å². The average Bonchev–Trinajstić information content (AvgIpc) is 3.24. The molecule has 4 heterocycles. The molecule has 0 saturated heterocycles. The topological polar surface area (TPSA) is 111 Å². The second-order valence-electron chi connectivity index (χ2n) is 8.62. The number of hydrogen-bond acceptors (Lipinski definition) is 7. The summed E-state index contributed by atoms with van der Waals surface area (Å²) in [7, 11) is 0. The van der Waals surface area contributed by atoms with Crippen LogP contribution in [-0.2, 0) is 0 Å². The van der Waals surface area contributed by atoms with E-state index in [0.29, 0.717) is 46.3 Å². The fourth-order valence-electron chi connectivity index (χ4n) is 3.88. The molecule has 174 valence electrons. The van der Waals surface area contributed by atoms with E-state index in [1.807, 2.05) is 38.1 Å². The number of alkyl halides is 1. The van der Waals surface area contributed by atoms with Gasteiger partial charge in [0, 0.05) is 35.4 Å². The number of pyridine rings is 1. The van der Waals surface area contributed by atoms with Crippen molar-refractivity contribution >= 4 is 17.1 Å². The van der Waals surface area contributed by atoms with E-state index in [0.717, 1.165) is 16.7 Å². The highest BCUT2D eigenvalue weighted by molar-refractivity contribution is 6.09. The normalized spacial score (nSPS) is 17.0. The van der Waals surface area contributed by atoms with Crippen LogP contribution in [0.5, 0.6) is 0 Å². The van der Waals surface area contributed by atoms with Crippen molar-refractivity contribution in [3.8, 4) is 22.5 Å². The van der Waals surface area contributed by atoms with Gasteiger partial charge in [0.25, 0.3) is 5.91 Å². The van der Waals surface area contributed by atoms with Crippen LogP contribution in [0.15, 0.2) is 59.6 Å². The minimum absolute atomic E-state index is 0.301. The number of carbonyl (C=O) groups is 1. The van der Waals surface area contributed by atoms with Gasteiger partial charge in [-0.2, -0.15) is 10.1 Å². The van der Waals surface area contributed by atoms with E-state index in [1.165, 1.54) is 6.20 Å². The van der Waals surface area contributed by atoms with Crippen LogP contribution >= 0.6 is 0 Å². The third kappa shape index (κ3) is 3.92. The van der Waals surface area contributed by atoms with Crippen LogP contribution < -0.4 is 5.32 Å². The van der Waals surface area contributed by atoms with Gasteiger partial charge in [0.2, 0.25) is 11.7 Å². The van der Waals surface area contributed by atoms with E-state index < -0.39 is 6.17 Å². The number of nitrogens with one attached hydrogen (secondary N) is 1. The summed E-state index contributed by atoms with van der Waals surface area (Å²) >= 11 is 0. The van der Waals surface area contributed by atoms with E-state index in [9.17, 15) is 9.18 Å². The Morgan fingerprint density at radius 3 is 2.66 bits per heavy atom. The van der Waals surface area contributed by atoms with Crippen molar-refractivity contribution in [1.82, 2.24) is 29.7 Å². The Morgan fingerprint density at radius 2 is 1.89 bits per heavy atom. The van der Waals surface area contributed by atoms with Gasteiger partial charge in [0.15, 0.2) is 0 Å². The molecule has 0 aliphatic heterocycles. The molecule has 10 heteroatoms. The molecule has 2 atom stereocenters. The van der Waals surface area contributed by atoms with E-state index in [-0.39, 0.29) is 11.8 Å². The van der Waals surface area contributed by atoms with Crippen LogP contribution in [0.1, 0.15) is 40.0 Å². The molecular formula is C25H20FN7O2. The van der Waals surface area contributed by atoms with Gasteiger partial charge >= 0.3 is 0 Å². The predicted octanol–water partition coefficient (Wildman–Crippen LogP) is 4.54. The highest BCUT2D eigenvalue weighted by atomic mass is 19.1. The van der Waals surface area contributed by atoms with Crippen LogP contribution in [0.4, 0.5) is 10.1 Å². The Morgan fingerprint density at radius 1 is 1.09 bits per heavy atom.